The van der Waals surface area contributed by atoms with E-state index in [9.17, 15) is 14.4 Å². The summed E-state index contributed by atoms with van der Waals surface area (Å²) in [5.74, 6) is 0.693. The van der Waals surface area contributed by atoms with E-state index in [0.717, 1.165) is 12.0 Å². The first-order valence-electron chi connectivity index (χ1n) is 14.2. The lowest BCUT2D eigenvalue weighted by Crippen LogP contribution is -2.40. The molecule has 0 aliphatic carbocycles. The number of esters is 2. The van der Waals surface area contributed by atoms with Crippen LogP contribution >= 0.6 is 11.3 Å². The average molecular weight is 625 g/mol. The Hall–Kier alpha value is -4.58. The molecule has 0 saturated carbocycles. The van der Waals surface area contributed by atoms with Crippen LogP contribution in [-0.4, -0.2) is 57.2 Å². The minimum absolute atomic E-state index is 0.150. The fraction of sp³-hybridized carbons (Fsp3) is 0.375. The standard InChI is InChI=1S/C32H36N2O9S/c1-7-14-42-22-12-10-20(15-24(22)38-5)16-26-30(36)34-29(28(31(37)41-9-3)19(4)33-32(34)44-26)21-11-13-23(25(17-21)40-8-2)43-18-27(35)39-6/h10-13,15-17,29H,7-9,14,18H2,1-6H3/b26-16-/t29-/m1/s1. The van der Waals surface area contributed by atoms with Crippen molar-refractivity contribution in [3.63, 3.8) is 0 Å². The van der Waals surface area contributed by atoms with E-state index in [0.29, 0.717) is 56.8 Å². The molecule has 0 radical (unpaired) electrons. The molecule has 0 unspecified atom stereocenters. The molecule has 0 amide bonds. The first-order valence-corrected chi connectivity index (χ1v) is 15.0. The third-order valence-corrected chi connectivity index (χ3v) is 7.60. The van der Waals surface area contributed by atoms with Crippen LogP contribution in [0.4, 0.5) is 0 Å². The maximum atomic E-state index is 14.0. The molecule has 234 valence electrons. The lowest BCUT2D eigenvalue weighted by atomic mass is 9.95. The molecule has 44 heavy (non-hydrogen) atoms. The topological polar surface area (TPSA) is 124 Å². The van der Waals surface area contributed by atoms with Crippen molar-refractivity contribution < 1.29 is 38.0 Å². The number of methoxy groups -OCH3 is 2. The molecular weight excluding hydrogens is 588 g/mol. The van der Waals surface area contributed by atoms with Crippen molar-refractivity contribution in [1.82, 2.24) is 4.57 Å². The van der Waals surface area contributed by atoms with Gasteiger partial charge in [-0.25, -0.2) is 14.6 Å². The number of allylic oxidation sites excluding steroid dienone is 1. The zero-order valence-electron chi connectivity index (χ0n) is 25.6. The summed E-state index contributed by atoms with van der Waals surface area (Å²) in [5.41, 5.74) is 1.64. The smallest absolute Gasteiger partial charge is 0.343 e. The fourth-order valence-corrected chi connectivity index (χ4v) is 5.69. The summed E-state index contributed by atoms with van der Waals surface area (Å²) in [7, 11) is 2.83. The Morgan fingerprint density at radius 1 is 0.955 bits per heavy atom. The number of thiazole rings is 1. The highest BCUT2D eigenvalue weighted by atomic mass is 32.1. The number of nitrogens with zero attached hydrogens (tertiary/aromatic N) is 2. The van der Waals surface area contributed by atoms with Crippen molar-refractivity contribution in [2.24, 2.45) is 4.99 Å². The van der Waals surface area contributed by atoms with Gasteiger partial charge in [0.05, 0.1) is 55.9 Å². The third kappa shape index (κ3) is 6.96. The van der Waals surface area contributed by atoms with Gasteiger partial charge in [0.15, 0.2) is 34.4 Å². The van der Waals surface area contributed by atoms with Crippen LogP contribution in [0.2, 0.25) is 0 Å². The molecule has 1 aliphatic rings. The van der Waals surface area contributed by atoms with Gasteiger partial charge in [-0.2, -0.15) is 0 Å². The van der Waals surface area contributed by atoms with Gasteiger partial charge < -0.3 is 28.4 Å². The van der Waals surface area contributed by atoms with E-state index in [1.807, 2.05) is 26.0 Å². The van der Waals surface area contributed by atoms with E-state index in [-0.39, 0.29) is 24.3 Å². The largest absolute Gasteiger partial charge is 0.493 e. The molecule has 0 fully saturated rings. The number of ether oxygens (including phenoxy) is 6. The molecule has 2 heterocycles. The van der Waals surface area contributed by atoms with Gasteiger partial charge in [0.1, 0.15) is 0 Å². The van der Waals surface area contributed by atoms with Crippen LogP contribution in [0.1, 0.15) is 51.3 Å². The van der Waals surface area contributed by atoms with E-state index in [2.05, 4.69) is 9.73 Å². The van der Waals surface area contributed by atoms with Crippen LogP contribution in [0.25, 0.3) is 6.08 Å². The summed E-state index contributed by atoms with van der Waals surface area (Å²) < 4.78 is 34.7. The predicted molar refractivity (Wildman–Crippen MR) is 164 cm³/mol. The summed E-state index contributed by atoms with van der Waals surface area (Å²) >= 11 is 1.21. The predicted octanol–water partition coefficient (Wildman–Crippen LogP) is 3.55. The Balaban J connectivity index is 1.86. The number of carbonyl (C=O) groups excluding carboxylic acids is 2. The number of hydrogen-bond acceptors (Lipinski definition) is 11. The van der Waals surface area contributed by atoms with Gasteiger partial charge in [-0.05, 0) is 68.7 Å². The fourth-order valence-electron chi connectivity index (χ4n) is 4.64. The highest BCUT2D eigenvalue weighted by molar-refractivity contribution is 7.07. The summed E-state index contributed by atoms with van der Waals surface area (Å²) in [4.78, 5) is 44.1. The molecular formula is C32H36N2O9S. The highest BCUT2D eigenvalue weighted by Crippen LogP contribution is 2.36. The van der Waals surface area contributed by atoms with E-state index < -0.39 is 18.0 Å². The van der Waals surface area contributed by atoms with Crippen LogP contribution in [-0.2, 0) is 19.1 Å². The molecule has 3 aromatic rings. The molecule has 0 N–H and O–H groups in total. The number of rotatable bonds is 13. The summed E-state index contributed by atoms with van der Waals surface area (Å²) in [6.45, 7) is 7.97. The molecule has 1 atom stereocenters. The van der Waals surface area contributed by atoms with Crippen LogP contribution in [0.15, 0.2) is 57.5 Å². The molecule has 0 saturated heterocycles. The van der Waals surface area contributed by atoms with Gasteiger partial charge in [-0.1, -0.05) is 30.4 Å². The Morgan fingerprint density at radius 3 is 2.39 bits per heavy atom. The minimum atomic E-state index is -0.860. The molecule has 0 bridgehead atoms. The van der Waals surface area contributed by atoms with Crippen molar-refractivity contribution in [2.45, 2.75) is 40.2 Å². The summed E-state index contributed by atoms with van der Waals surface area (Å²) in [6.07, 6.45) is 2.61. The maximum absolute atomic E-state index is 14.0. The molecule has 1 aromatic heterocycles. The Morgan fingerprint density at radius 2 is 1.70 bits per heavy atom. The van der Waals surface area contributed by atoms with Gasteiger partial charge >= 0.3 is 11.9 Å². The quantitative estimate of drug-likeness (QED) is 0.263. The molecule has 1 aliphatic heterocycles. The van der Waals surface area contributed by atoms with Crippen LogP contribution < -0.4 is 33.8 Å². The van der Waals surface area contributed by atoms with Gasteiger partial charge in [0.25, 0.3) is 5.56 Å². The van der Waals surface area contributed by atoms with Crippen molar-refractivity contribution >= 4 is 29.4 Å². The monoisotopic (exact) mass is 624 g/mol. The van der Waals surface area contributed by atoms with Crippen LogP contribution in [0, 0.1) is 0 Å². The highest BCUT2D eigenvalue weighted by Gasteiger charge is 2.34. The van der Waals surface area contributed by atoms with E-state index in [1.165, 1.54) is 23.0 Å². The van der Waals surface area contributed by atoms with Gasteiger partial charge in [0, 0.05) is 0 Å². The second kappa shape index (κ2) is 14.7. The van der Waals surface area contributed by atoms with E-state index in [4.69, 9.17) is 23.7 Å². The van der Waals surface area contributed by atoms with Gasteiger partial charge in [-0.15, -0.1) is 0 Å². The van der Waals surface area contributed by atoms with Gasteiger partial charge in [0.2, 0.25) is 0 Å². The second-order valence-electron chi connectivity index (χ2n) is 9.57. The van der Waals surface area contributed by atoms with E-state index >= 15 is 0 Å². The van der Waals surface area contributed by atoms with Crippen molar-refractivity contribution in [1.29, 1.82) is 0 Å². The van der Waals surface area contributed by atoms with Gasteiger partial charge in [-0.3, -0.25) is 9.36 Å². The summed E-state index contributed by atoms with van der Waals surface area (Å²) in [5, 5.41) is 0. The molecule has 4 rings (SSSR count). The zero-order valence-corrected chi connectivity index (χ0v) is 26.4. The van der Waals surface area contributed by atoms with Crippen molar-refractivity contribution in [3.8, 4) is 23.0 Å². The third-order valence-electron chi connectivity index (χ3n) is 6.62. The Bertz CT molecular complexity index is 1740. The number of fused-ring (bicyclic) bond motifs is 1. The summed E-state index contributed by atoms with van der Waals surface area (Å²) in [6, 6.07) is 9.64. The Labute approximate surface area is 258 Å². The molecule has 11 nitrogen and oxygen atoms in total. The first kappa shape index (κ1) is 32.3. The zero-order chi connectivity index (χ0) is 31.8. The maximum Gasteiger partial charge on any atom is 0.343 e. The molecule has 2 aromatic carbocycles. The van der Waals surface area contributed by atoms with Crippen LogP contribution in [0.3, 0.4) is 0 Å². The lowest BCUT2D eigenvalue weighted by Gasteiger charge is -2.25. The Kier molecular flexibility index (Phi) is 10.8. The van der Waals surface area contributed by atoms with Crippen molar-refractivity contribution in [2.75, 3.05) is 40.6 Å². The normalized spacial score (nSPS) is 14.4. The van der Waals surface area contributed by atoms with Crippen LogP contribution in [0.5, 0.6) is 23.0 Å². The lowest BCUT2D eigenvalue weighted by molar-refractivity contribution is -0.143. The SMILES string of the molecule is CCCOc1ccc(/C=c2\sc3n(c2=O)[C@H](c2ccc(OCC(=O)OC)c(OCC)c2)C(C(=O)OCC)=C(C)N=3)cc1OC. The second-order valence-corrected chi connectivity index (χ2v) is 10.6. The molecule has 0 spiro atoms. The average Bonchev–Trinajstić information content (AvgIpc) is 3.32. The number of benzene rings is 2. The number of carbonyl (C=O) groups is 2. The first-order chi connectivity index (χ1) is 21.3. The molecule has 12 heteroatoms. The van der Waals surface area contributed by atoms with Crippen molar-refractivity contribution in [3.05, 3.63) is 78.5 Å². The number of hydrogen-bond donors (Lipinski definition) is 0. The van der Waals surface area contributed by atoms with E-state index in [1.54, 1.807) is 51.3 Å². The minimum Gasteiger partial charge on any atom is -0.493 e. The number of aromatic nitrogens is 1.